The van der Waals surface area contributed by atoms with E-state index in [4.69, 9.17) is 4.74 Å². The van der Waals surface area contributed by atoms with E-state index in [0.29, 0.717) is 0 Å². The average molecular weight is 360 g/mol. The molecule has 0 saturated carbocycles. The fourth-order valence-corrected chi connectivity index (χ4v) is 1.93. The van der Waals surface area contributed by atoms with Crippen molar-refractivity contribution in [3.05, 3.63) is 57.8 Å². The first-order valence-corrected chi connectivity index (χ1v) is 6.51. The molecule has 2 aromatic rings. The monoisotopic (exact) mass is 359 g/mol. The largest absolute Gasteiger partial charge is 0.494 e. The molecule has 0 radical (unpaired) electrons. The molecule has 7 heteroatoms. The minimum Gasteiger partial charge on any atom is -0.494 e. The molecule has 0 aliphatic carbocycles. The van der Waals surface area contributed by atoms with Crippen LogP contribution in [0.5, 0.6) is 5.75 Å². The van der Waals surface area contributed by atoms with Gasteiger partial charge in [0.1, 0.15) is 11.6 Å². The van der Waals surface area contributed by atoms with Crippen molar-refractivity contribution in [3.63, 3.8) is 0 Å². The molecule has 0 aromatic heterocycles. The van der Waals surface area contributed by atoms with Crippen LogP contribution in [0.2, 0.25) is 0 Å². The molecule has 0 saturated heterocycles. The number of hydrogen-bond acceptors (Lipinski definition) is 2. The fraction of sp³-hybridized carbons (Fsp3) is 0.0714. The molecule has 0 unspecified atom stereocenters. The Hall–Kier alpha value is -2.02. The Morgan fingerprint density at radius 3 is 2.48 bits per heavy atom. The molecule has 2 rings (SSSR count). The number of amides is 1. The van der Waals surface area contributed by atoms with E-state index < -0.39 is 23.4 Å². The summed E-state index contributed by atoms with van der Waals surface area (Å²) in [4.78, 5) is 12.0. The van der Waals surface area contributed by atoms with Crippen LogP contribution in [0.1, 0.15) is 10.4 Å². The summed E-state index contributed by atoms with van der Waals surface area (Å²) in [5, 5.41) is 2.21. The third-order valence-corrected chi connectivity index (χ3v) is 3.28. The summed E-state index contributed by atoms with van der Waals surface area (Å²) in [7, 11) is 1.25. The van der Waals surface area contributed by atoms with Crippen molar-refractivity contribution in [3.8, 4) is 5.75 Å². The van der Waals surface area contributed by atoms with Gasteiger partial charge in [0.25, 0.3) is 5.91 Å². The standard InChI is InChI=1S/C14H9BrF3NO2/c1-21-13-4-7(2-3-9(13)16)14(20)19-12-6-10(17)8(15)5-11(12)18/h2-6H,1H3,(H,19,20). The van der Waals surface area contributed by atoms with Crippen molar-refractivity contribution in [2.24, 2.45) is 0 Å². The van der Waals surface area contributed by atoms with E-state index in [1.165, 1.54) is 13.2 Å². The van der Waals surface area contributed by atoms with Crippen molar-refractivity contribution >= 4 is 27.5 Å². The Labute approximate surface area is 126 Å². The Morgan fingerprint density at radius 1 is 1.10 bits per heavy atom. The molecular formula is C14H9BrF3NO2. The quantitative estimate of drug-likeness (QED) is 0.836. The summed E-state index contributed by atoms with van der Waals surface area (Å²) in [5.74, 6) is -2.98. The topological polar surface area (TPSA) is 38.3 Å². The lowest BCUT2D eigenvalue weighted by atomic mass is 10.2. The average Bonchev–Trinajstić information content (AvgIpc) is 2.45. The van der Waals surface area contributed by atoms with Crippen molar-refractivity contribution in [2.45, 2.75) is 0 Å². The molecule has 1 amide bonds. The number of nitrogens with one attached hydrogen (secondary N) is 1. The van der Waals surface area contributed by atoms with Gasteiger partial charge in [0.2, 0.25) is 0 Å². The highest BCUT2D eigenvalue weighted by Crippen LogP contribution is 2.24. The van der Waals surface area contributed by atoms with Crippen molar-refractivity contribution in [1.29, 1.82) is 0 Å². The molecule has 3 nitrogen and oxygen atoms in total. The summed E-state index contributed by atoms with van der Waals surface area (Å²) in [6, 6.07) is 5.17. The Morgan fingerprint density at radius 2 is 1.81 bits per heavy atom. The second-order valence-electron chi connectivity index (χ2n) is 4.05. The number of carbonyl (C=O) groups excluding carboxylic acids is 1. The third kappa shape index (κ3) is 3.36. The lowest BCUT2D eigenvalue weighted by Crippen LogP contribution is -2.13. The number of anilines is 1. The SMILES string of the molecule is COc1cc(C(=O)Nc2cc(F)c(Br)cc2F)ccc1F. The van der Waals surface area contributed by atoms with E-state index in [-0.39, 0.29) is 21.5 Å². The number of benzene rings is 2. The second-order valence-corrected chi connectivity index (χ2v) is 4.90. The van der Waals surface area contributed by atoms with E-state index in [1.807, 2.05) is 0 Å². The van der Waals surface area contributed by atoms with Crippen LogP contribution in [-0.2, 0) is 0 Å². The number of ether oxygens (including phenoxy) is 1. The van der Waals surface area contributed by atoms with E-state index in [1.54, 1.807) is 0 Å². The van der Waals surface area contributed by atoms with E-state index in [0.717, 1.165) is 24.3 Å². The minimum absolute atomic E-state index is 0.0518. The first kappa shape index (κ1) is 15.4. The highest BCUT2D eigenvalue weighted by molar-refractivity contribution is 9.10. The van der Waals surface area contributed by atoms with Gasteiger partial charge in [-0.3, -0.25) is 4.79 Å². The van der Waals surface area contributed by atoms with Crippen LogP contribution in [0.25, 0.3) is 0 Å². The fourth-order valence-electron chi connectivity index (χ4n) is 1.61. The summed E-state index contributed by atoms with van der Waals surface area (Å²) in [6.45, 7) is 0. The molecule has 0 bridgehead atoms. The van der Waals surface area contributed by atoms with Crippen LogP contribution in [0.4, 0.5) is 18.9 Å². The summed E-state index contributed by atoms with van der Waals surface area (Å²) < 4.78 is 44.9. The molecule has 110 valence electrons. The van der Waals surface area contributed by atoms with Crippen LogP contribution in [0.3, 0.4) is 0 Å². The molecule has 1 N–H and O–H groups in total. The van der Waals surface area contributed by atoms with Crippen LogP contribution in [-0.4, -0.2) is 13.0 Å². The number of carbonyl (C=O) groups is 1. The van der Waals surface area contributed by atoms with Crippen molar-refractivity contribution in [1.82, 2.24) is 0 Å². The summed E-state index contributed by atoms with van der Waals surface area (Å²) in [5.41, 5.74) is -0.264. The maximum absolute atomic E-state index is 13.6. The van der Waals surface area contributed by atoms with Gasteiger partial charge in [-0.2, -0.15) is 0 Å². The second kappa shape index (κ2) is 6.17. The lowest BCUT2D eigenvalue weighted by Gasteiger charge is -2.09. The van der Waals surface area contributed by atoms with E-state index in [2.05, 4.69) is 21.2 Å². The number of halogens is 4. The van der Waals surface area contributed by atoms with Gasteiger partial charge < -0.3 is 10.1 Å². The predicted octanol–water partition coefficient (Wildman–Crippen LogP) is 4.13. The van der Waals surface area contributed by atoms with Crippen LogP contribution in [0, 0.1) is 17.5 Å². The summed E-state index contributed by atoms with van der Waals surface area (Å²) in [6.07, 6.45) is 0. The zero-order valence-electron chi connectivity index (χ0n) is 10.7. The smallest absolute Gasteiger partial charge is 0.255 e. The van der Waals surface area contributed by atoms with Gasteiger partial charge in [0, 0.05) is 11.6 Å². The van der Waals surface area contributed by atoms with Gasteiger partial charge in [-0.05, 0) is 40.2 Å². The van der Waals surface area contributed by atoms with Crippen molar-refractivity contribution in [2.75, 3.05) is 12.4 Å². The van der Waals surface area contributed by atoms with Crippen molar-refractivity contribution < 1.29 is 22.7 Å². The molecule has 0 heterocycles. The molecule has 0 aliphatic heterocycles. The molecule has 2 aromatic carbocycles. The molecule has 0 aliphatic rings. The van der Waals surface area contributed by atoms with Gasteiger partial charge in [0.05, 0.1) is 17.3 Å². The van der Waals surface area contributed by atoms with Gasteiger partial charge >= 0.3 is 0 Å². The lowest BCUT2D eigenvalue weighted by molar-refractivity contribution is 0.102. The summed E-state index contributed by atoms with van der Waals surface area (Å²) >= 11 is 2.83. The predicted molar refractivity (Wildman–Crippen MR) is 75.0 cm³/mol. The zero-order chi connectivity index (χ0) is 15.6. The van der Waals surface area contributed by atoms with Crippen LogP contribution >= 0.6 is 15.9 Å². The minimum atomic E-state index is -0.800. The molecule has 0 atom stereocenters. The number of rotatable bonds is 3. The van der Waals surface area contributed by atoms with Crippen LogP contribution in [0.15, 0.2) is 34.8 Å². The van der Waals surface area contributed by atoms with E-state index >= 15 is 0 Å². The molecular weight excluding hydrogens is 351 g/mol. The molecule has 0 fully saturated rings. The highest BCUT2D eigenvalue weighted by atomic mass is 79.9. The highest BCUT2D eigenvalue weighted by Gasteiger charge is 2.14. The maximum atomic E-state index is 13.6. The first-order chi connectivity index (χ1) is 9.92. The van der Waals surface area contributed by atoms with Gasteiger partial charge in [-0.25, -0.2) is 13.2 Å². The Bertz CT molecular complexity index is 707. The third-order valence-electron chi connectivity index (χ3n) is 2.67. The maximum Gasteiger partial charge on any atom is 0.255 e. The first-order valence-electron chi connectivity index (χ1n) is 5.72. The van der Waals surface area contributed by atoms with Gasteiger partial charge in [-0.1, -0.05) is 0 Å². The molecule has 21 heavy (non-hydrogen) atoms. The Kier molecular flexibility index (Phi) is 4.52. The number of methoxy groups -OCH3 is 1. The Balaban J connectivity index is 2.28. The number of hydrogen-bond donors (Lipinski definition) is 1. The zero-order valence-corrected chi connectivity index (χ0v) is 12.3. The normalized spacial score (nSPS) is 10.3. The molecule has 0 spiro atoms. The van der Waals surface area contributed by atoms with Gasteiger partial charge in [-0.15, -0.1) is 0 Å². The van der Waals surface area contributed by atoms with Crippen LogP contribution < -0.4 is 10.1 Å². The van der Waals surface area contributed by atoms with Gasteiger partial charge in [0.15, 0.2) is 11.6 Å². The van der Waals surface area contributed by atoms with E-state index in [9.17, 15) is 18.0 Å².